The van der Waals surface area contributed by atoms with Crippen molar-refractivity contribution in [3.63, 3.8) is 0 Å². The SMILES string of the molecule is CC1C/C(=C\c2c(F)cccc2Cl)C(=O)/C(=C/c2c(F)cccc2Cl)C1. The Morgan fingerprint density at radius 1 is 0.885 bits per heavy atom. The Morgan fingerprint density at radius 3 is 1.69 bits per heavy atom. The van der Waals surface area contributed by atoms with Crippen molar-refractivity contribution < 1.29 is 13.6 Å². The van der Waals surface area contributed by atoms with Gasteiger partial charge in [-0.3, -0.25) is 4.79 Å². The summed E-state index contributed by atoms with van der Waals surface area (Å²) >= 11 is 12.1. The maximum absolute atomic E-state index is 14.1. The summed E-state index contributed by atoms with van der Waals surface area (Å²) in [5.41, 5.74) is 1.29. The summed E-state index contributed by atoms with van der Waals surface area (Å²) in [6.45, 7) is 1.99. The van der Waals surface area contributed by atoms with Gasteiger partial charge in [0.15, 0.2) is 5.78 Å². The highest BCUT2D eigenvalue weighted by Crippen LogP contribution is 2.34. The Balaban J connectivity index is 2.04. The first-order valence-electron chi connectivity index (χ1n) is 8.20. The Labute approximate surface area is 160 Å². The second kappa shape index (κ2) is 7.73. The fourth-order valence-electron chi connectivity index (χ4n) is 3.11. The van der Waals surface area contributed by atoms with E-state index in [9.17, 15) is 13.6 Å². The van der Waals surface area contributed by atoms with Crippen LogP contribution in [0.1, 0.15) is 30.9 Å². The molecule has 134 valence electrons. The minimum atomic E-state index is -0.487. The van der Waals surface area contributed by atoms with E-state index >= 15 is 0 Å². The summed E-state index contributed by atoms with van der Waals surface area (Å²) in [5.74, 6) is -1.06. The van der Waals surface area contributed by atoms with Crippen molar-refractivity contribution in [2.75, 3.05) is 0 Å². The van der Waals surface area contributed by atoms with Crippen LogP contribution in [0.4, 0.5) is 8.78 Å². The van der Waals surface area contributed by atoms with Gasteiger partial charge >= 0.3 is 0 Å². The van der Waals surface area contributed by atoms with Crippen molar-refractivity contribution in [2.45, 2.75) is 19.8 Å². The number of ketones is 1. The molecule has 0 aromatic heterocycles. The van der Waals surface area contributed by atoms with Crippen LogP contribution in [0.3, 0.4) is 0 Å². The number of carbonyl (C=O) groups excluding carboxylic acids is 1. The highest BCUT2D eigenvalue weighted by atomic mass is 35.5. The van der Waals surface area contributed by atoms with Gasteiger partial charge in [0.05, 0.1) is 10.0 Å². The first kappa shape index (κ1) is 18.8. The van der Waals surface area contributed by atoms with Crippen molar-refractivity contribution >= 4 is 41.1 Å². The summed E-state index contributed by atoms with van der Waals surface area (Å²) in [4.78, 5) is 12.9. The Morgan fingerprint density at radius 2 is 1.31 bits per heavy atom. The quantitative estimate of drug-likeness (QED) is 0.517. The van der Waals surface area contributed by atoms with E-state index in [0.717, 1.165) is 0 Å². The molecule has 0 aliphatic heterocycles. The number of Topliss-reactive ketones (excluding diaryl/α,β-unsaturated/α-hetero) is 1. The van der Waals surface area contributed by atoms with Crippen LogP contribution in [0.2, 0.25) is 10.0 Å². The van der Waals surface area contributed by atoms with Gasteiger partial charge in [-0.2, -0.15) is 0 Å². The first-order valence-corrected chi connectivity index (χ1v) is 8.96. The standard InChI is InChI=1S/C21H16Cl2F2O/c1-12-8-13(10-15-17(22)4-2-6-19(15)24)21(26)14(9-12)11-16-18(23)5-3-7-20(16)25/h2-7,10-12H,8-9H2,1H3/b13-10+,14-11+. The molecule has 2 aromatic carbocycles. The molecular formula is C21H16Cl2F2O. The van der Waals surface area contributed by atoms with Gasteiger partial charge in [0.2, 0.25) is 0 Å². The van der Waals surface area contributed by atoms with Crippen molar-refractivity contribution in [2.24, 2.45) is 5.92 Å². The second-order valence-corrected chi connectivity index (χ2v) is 7.27. The molecule has 1 aliphatic rings. The van der Waals surface area contributed by atoms with E-state index in [2.05, 4.69) is 0 Å². The van der Waals surface area contributed by atoms with Crippen LogP contribution >= 0.6 is 23.2 Å². The first-order chi connectivity index (χ1) is 12.4. The van der Waals surface area contributed by atoms with E-state index in [1.165, 1.54) is 36.4 Å². The van der Waals surface area contributed by atoms with Crippen LogP contribution in [-0.2, 0) is 4.79 Å². The van der Waals surface area contributed by atoms with Crippen LogP contribution in [-0.4, -0.2) is 5.78 Å². The molecule has 0 atom stereocenters. The largest absolute Gasteiger partial charge is 0.289 e. The molecule has 0 heterocycles. The number of halogens is 4. The fraction of sp³-hybridized carbons (Fsp3) is 0.190. The number of benzene rings is 2. The molecule has 0 unspecified atom stereocenters. The zero-order chi connectivity index (χ0) is 18.8. The van der Waals surface area contributed by atoms with E-state index in [1.54, 1.807) is 12.1 Å². The number of hydrogen-bond acceptors (Lipinski definition) is 1. The molecule has 0 radical (unpaired) electrons. The molecule has 3 rings (SSSR count). The molecule has 2 aromatic rings. The zero-order valence-corrected chi connectivity index (χ0v) is 15.5. The Bertz CT molecular complexity index is 818. The van der Waals surface area contributed by atoms with E-state index in [0.29, 0.717) is 24.0 Å². The van der Waals surface area contributed by atoms with E-state index in [-0.39, 0.29) is 32.9 Å². The average Bonchev–Trinajstić information content (AvgIpc) is 2.58. The van der Waals surface area contributed by atoms with E-state index < -0.39 is 11.6 Å². The molecule has 1 nitrogen and oxygen atoms in total. The van der Waals surface area contributed by atoms with Gasteiger partial charge in [0.1, 0.15) is 11.6 Å². The molecule has 0 saturated heterocycles. The predicted molar refractivity (Wildman–Crippen MR) is 102 cm³/mol. The van der Waals surface area contributed by atoms with Crippen LogP contribution in [0.25, 0.3) is 12.2 Å². The van der Waals surface area contributed by atoms with Crippen LogP contribution in [0, 0.1) is 17.6 Å². The van der Waals surface area contributed by atoms with Crippen molar-refractivity contribution in [3.8, 4) is 0 Å². The monoisotopic (exact) mass is 392 g/mol. The molecule has 5 heteroatoms. The lowest BCUT2D eigenvalue weighted by molar-refractivity contribution is -0.113. The zero-order valence-electron chi connectivity index (χ0n) is 14.0. The van der Waals surface area contributed by atoms with Gasteiger partial charge in [0, 0.05) is 22.3 Å². The highest BCUT2D eigenvalue weighted by Gasteiger charge is 2.26. The molecule has 0 spiro atoms. The molecule has 1 aliphatic carbocycles. The molecule has 0 bridgehead atoms. The normalized spacial score (nSPS) is 20.8. The lowest BCUT2D eigenvalue weighted by Crippen LogP contribution is -2.18. The van der Waals surface area contributed by atoms with Crippen LogP contribution in [0.5, 0.6) is 0 Å². The lowest BCUT2D eigenvalue weighted by Gasteiger charge is -2.23. The van der Waals surface area contributed by atoms with Crippen molar-refractivity contribution in [1.82, 2.24) is 0 Å². The number of hydrogen-bond donors (Lipinski definition) is 0. The maximum atomic E-state index is 14.1. The number of rotatable bonds is 2. The fourth-order valence-corrected chi connectivity index (χ4v) is 3.54. The third-order valence-corrected chi connectivity index (χ3v) is 5.02. The minimum Gasteiger partial charge on any atom is -0.289 e. The number of allylic oxidation sites excluding steroid dienone is 2. The topological polar surface area (TPSA) is 17.1 Å². The van der Waals surface area contributed by atoms with E-state index in [1.807, 2.05) is 6.92 Å². The average molecular weight is 393 g/mol. The second-order valence-electron chi connectivity index (χ2n) is 6.45. The third kappa shape index (κ3) is 3.89. The molecular weight excluding hydrogens is 377 g/mol. The summed E-state index contributed by atoms with van der Waals surface area (Å²) in [6.07, 6.45) is 4.00. The summed E-state index contributed by atoms with van der Waals surface area (Å²) in [5, 5.41) is 0.484. The van der Waals surface area contributed by atoms with Gasteiger partial charge in [-0.1, -0.05) is 42.3 Å². The Kier molecular flexibility index (Phi) is 5.59. The lowest BCUT2D eigenvalue weighted by atomic mass is 9.80. The highest BCUT2D eigenvalue weighted by molar-refractivity contribution is 6.33. The molecule has 1 fully saturated rings. The number of carbonyl (C=O) groups is 1. The Hall–Kier alpha value is -1.97. The maximum Gasteiger partial charge on any atom is 0.185 e. The van der Waals surface area contributed by atoms with Gasteiger partial charge in [-0.15, -0.1) is 0 Å². The third-order valence-electron chi connectivity index (χ3n) is 4.36. The molecule has 1 saturated carbocycles. The molecule has 0 amide bonds. The minimum absolute atomic E-state index is 0.154. The van der Waals surface area contributed by atoms with E-state index in [4.69, 9.17) is 23.2 Å². The smallest absolute Gasteiger partial charge is 0.185 e. The summed E-state index contributed by atoms with van der Waals surface area (Å²) < 4.78 is 28.1. The van der Waals surface area contributed by atoms with Crippen LogP contribution < -0.4 is 0 Å². The van der Waals surface area contributed by atoms with Crippen molar-refractivity contribution in [3.05, 3.63) is 80.4 Å². The molecule has 26 heavy (non-hydrogen) atoms. The summed E-state index contributed by atoms with van der Waals surface area (Å²) in [6, 6.07) is 8.76. The van der Waals surface area contributed by atoms with Gasteiger partial charge in [-0.25, -0.2) is 8.78 Å². The van der Waals surface area contributed by atoms with Crippen LogP contribution in [0.15, 0.2) is 47.5 Å². The summed E-state index contributed by atoms with van der Waals surface area (Å²) in [7, 11) is 0. The van der Waals surface area contributed by atoms with Gasteiger partial charge < -0.3 is 0 Å². The molecule has 0 N–H and O–H groups in total. The van der Waals surface area contributed by atoms with Gasteiger partial charge in [-0.05, 0) is 55.2 Å². The van der Waals surface area contributed by atoms with Gasteiger partial charge in [0.25, 0.3) is 0 Å². The van der Waals surface area contributed by atoms with Crippen molar-refractivity contribution in [1.29, 1.82) is 0 Å². The predicted octanol–water partition coefficient (Wildman–Crippen LogP) is 6.74.